The van der Waals surface area contributed by atoms with Crippen LogP contribution in [0, 0.1) is 11.9 Å². The van der Waals surface area contributed by atoms with Gasteiger partial charge in [-0.15, -0.1) is 0 Å². The van der Waals surface area contributed by atoms with E-state index in [9.17, 15) is 12.8 Å². The smallest absolute Gasteiger partial charge is 0.240 e. The Balaban J connectivity index is 2.27. The Labute approximate surface area is 130 Å². The quantitative estimate of drug-likeness (QED) is 0.843. The van der Waals surface area contributed by atoms with Gasteiger partial charge in [-0.2, -0.15) is 9.37 Å². The SMILES string of the molecule is COc1nc(F)c(NS(C)(=O)=O)cc1C=CC1CCCCC1. The minimum absolute atomic E-state index is 0.142. The van der Waals surface area contributed by atoms with Crippen LogP contribution in [-0.4, -0.2) is 26.8 Å². The van der Waals surface area contributed by atoms with Gasteiger partial charge in [-0.3, -0.25) is 4.72 Å². The van der Waals surface area contributed by atoms with Gasteiger partial charge >= 0.3 is 0 Å². The third-order valence-corrected chi connectivity index (χ3v) is 4.25. The van der Waals surface area contributed by atoms with Crippen LogP contribution >= 0.6 is 0 Å². The van der Waals surface area contributed by atoms with Crippen molar-refractivity contribution in [3.63, 3.8) is 0 Å². The zero-order chi connectivity index (χ0) is 16.2. The van der Waals surface area contributed by atoms with Crippen molar-refractivity contribution in [3.05, 3.63) is 23.7 Å². The lowest BCUT2D eigenvalue weighted by atomic mass is 9.89. The maximum atomic E-state index is 13.8. The molecule has 0 bridgehead atoms. The van der Waals surface area contributed by atoms with Gasteiger partial charge in [0.05, 0.1) is 13.4 Å². The Morgan fingerprint density at radius 3 is 2.64 bits per heavy atom. The van der Waals surface area contributed by atoms with Crippen molar-refractivity contribution >= 4 is 21.8 Å². The van der Waals surface area contributed by atoms with Gasteiger partial charge in [-0.25, -0.2) is 8.42 Å². The molecule has 0 amide bonds. The van der Waals surface area contributed by atoms with Crippen molar-refractivity contribution in [2.75, 3.05) is 18.1 Å². The van der Waals surface area contributed by atoms with Crippen molar-refractivity contribution in [3.8, 4) is 5.88 Å². The van der Waals surface area contributed by atoms with Crippen LogP contribution in [0.15, 0.2) is 12.1 Å². The fourth-order valence-corrected chi connectivity index (χ4v) is 3.15. The monoisotopic (exact) mass is 328 g/mol. The first-order chi connectivity index (χ1) is 10.4. The highest BCUT2D eigenvalue weighted by atomic mass is 32.2. The van der Waals surface area contributed by atoms with E-state index in [1.165, 1.54) is 32.4 Å². The fraction of sp³-hybridized carbons (Fsp3) is 0.533. The van der Waals surface area contributed by atoms with E-state index in [4.69, 9.17) is 4.74 Å². The van der Waals surface area contributed by atoms with Crippen molar-refractivity contribution in [1.82, 2.24) is 4.98 Å². The van der Waals surface area contributed by atoms with E-state index in [-0.39, 0.29) is 11.6 Å². The number of allylic oxidation sites excluding steroid dienone is 1. The van der Waals surface area contributed by atoms with Crippen molar-refractivity contribution < 1.29 is 17.5 Å². The molecule has 0 unspecified atom stereocenters. The summed E-state index contributed by atoms with van der Waals surface area (Å²) in [5.41, 5.74) is 0.382. The second-order valence-electron chi connectivity index (χ2n) is 5.56. The fourth-order valence-electron chi connectivity index (χ4n) is 2.61. The molecule has 0 aliphatic heterocycles. The molecule has 0 aromatic carbocycles. The summed E-state index contributed by atoms with van der Waals surface area (Å²) in [4.78, 5) is 3.67. The lowest BCUT2D eigenvalue weighted by molar-refractivity contribution is 0.387. The van der Waals surface area contributed by atoms with E-state index in [2.05, 4.69) is 15.8 Å². The van der Waals surface area contributed by atoms with Crippen LogP contribution in [0.2, 0.25) is 0 Å². The van der Waals surface area contributed by atoms with Crippen LogP contribution in [0.25, 0.3) is 6.08 Å². The highest BCUT2D eigenvalue weighted by Crippen LogP contribution is 2.28. The molecule has 0 atom stereocenters. The molecule has 5 nitrogen and oxygen atoms in total. The number of hydrogen-bond donors (Lipinski definition) is 1. The number of aromatic nitrogens is 1. The molecule has 22 heavy (non-hydrogen) atoms. The number of rotatable bonds is 5. The number of nitrogens with zero attached hydrogens (tertiary/aromatic N) is 1. The maximum absolute atomic E-state index is 13.8. The average molecular weight is 328 g/mol. The van der Waals surface area contributed by atoms with E-state index in [0.29, 0.717) is 11.5 Å². The first kappa shape index (κ1) is 16.7. The second-order valence-corrected chi connectivity index (χ2v) is 7.31. The molecule has 1 heterocycles. The molecule has 1 aromatic rings. The van der Waals surface area contributed by atoms with Gasteiger partial charge < -0.3 is 4.74 Å². The van der Waals surface area contributed by atoms with E-state index in [1.54, 1.807) is 0 Å². The molecule has 1 saturated carbocycles. The van der Waals surface area contributed by atoms with Crippen LogP contribution in [0.1, 0.15) is 37.7 Å². The van der Waals surface area contributed by atoms with Crippen LogP contribution in [0.5, 0.6) is 5.88 Å². The normalized spacial score (nSPS) is 16.9. The largest absolute Gasteiger partial charge is 0.480 e. The molecule has 2 rings (SSSR count). The number of pyridine rings is 1. The predicted octanol–water partition coefficient (Wildman–Crippen LogP) is 3.19. The molecule has 1 aliphatic carbocycles. The van der Waals surface area contributed by atoms with Crippen LogP contribution in [-0.2, 0) is 10.0 Å². The topological polar surface area (TPSA) is 68.3 Å². The number of sulfonamides is 1. The molecule has 0 saturated heterocycles. The summed E-state index contributed by atoms with van der Waals surface area (Å²) < 4.78 is 43.5. The molecule has 122 valence electrons. The summed E-state index contributed by atoms with van der Waals surface area (Å²) in [6.07, 6.45) is 10.9. The number of halogens is 1. The minimum Gasteiger partial charge on any atom is -0.480 e. The third-order valence-electron chi connectivity index (χ3n) is 3.66. The van der Waals surface area contributed by atoms with Crippen LogP contribution < -0.4 is 9.46 Å². The van der Waals surface area contributed by atoms with Gasteiger partial charge in [-0.1, -0.05) is 31.4 Å². The van der Waals surface area contributed by atoms with Gasteiger partial charge in [0, 0.05) is 5.56 Å². The molecule has 7 heteroatoms. The Bertz CT molecular complexity index is 653. The van der Waals surface area contributed by atoms with Crippen LogP contribution in [0.4, 0.5) is 10.1 Å². The Morgan fingerprint density at radius 1 is 1.36 bits per heavy atom. The zero-order valence-electron chi connectivity index (χ0n) is 12.8. The Morgan fingerprint density at radius 2 is 2.05 bits per heavy atom. The molecule has 1 fully saturated rings. The van der Waals surface area contributed by atoms with Gasteiger partial charge in [0.25, 0.3) is 0 Å². The first-order valence-electron chi connectivity index (χ1n) is 7.29. The lowest BCUT2D eigenvalue weighted by Crippen LogP contribution is -2.12. The maximum Gasteiger partial charge on any atom is 0.240 e. The first-order valence-corrected chi connectivity index (χ1v) is 9.18. The van der Waals surface area contributed by atoms with Gasteiger partial charge in [0.15, 0.2) is 0 Å². The molecule has 1 aromatic heterocycles. The summed E-state index contributed by atoms with van der Waals surface area (Å²) in [5.74, 6) is -0.268. The summed E-state index contributed by atoms with van der Waals surface area (Å²) in [5, 5.41) is 0. The third kappa shape index (κ3) is 4.69. The molecule has 0 radical (unpaired) electrons. The number of hydrogen-bond acceptors (Lipinski definition) is 4. The Hall–Kier alpha value is -1.63. The van der Waals surface area contributed by atoms with Crippen molar-refractivity contribution in [1.29, 1.82) is 0 Å². The molecule has 0 spiro atoms. The molecular weight excluding hydrogens is 307 g/mol. The van der Waals surface area contributed by atoms with Gasteiger partial charge in [0.2, 0.25) is 21.9 Å². The number of ether oxygens (including phenoxy) is 1. The number of anilines is 1. The van der Waals surface area contributed by atoms with E-state index >= 15 is 0 Å². The van der Waals surface area contributed by atoms with E-state index in [0.717, 1.165) is 19.1 Å². The van der Waals surface area contributed by atoms with Gasteiger partial charge in [0.1, 0.15) is 5.69 Å². The summed E-state index contributed by atoms with van der Waals surface area (Å²) >= 11 is 0. The highest BCUT2D eigenvalue weighted by Gasteiger charge is 2.15. The molecule has 1 aliphatic rings. The zero-order valence-corrected chi connectivity index (χ0v) is 13.6. The summed E-state index contributed by atoms with van der Waals surface area (Å²) in [6.45, 7) is 0. The molecule has 1 N–H and O–H groups in total. The molecular formula is C15H21FN2O3S. The van der Waals surface area contributed by atoms with E-state index < -0.39 is 16.0 Å². The standard InChI is InChI=1S/C15H21FN2O3S/c1-21-15-12(9-8-11-6-4-3-5-7-11)10-13(14(16)17-15)18-22(2,19)20/h8-11,18H,3-7H2,1-2H3. The predicted molar refractivity (Wildman–Crippen MR) is 84.8 cm³/mol. The van der Waals surface area contributed by atoms with Crippen molar-refractivity contribution in [2.45, 2.75) is 32.1 Å². The second kappa shape index (κ2) is 7.09. The van der Waals surface area contributed by atoms with Crippen molar-refractivity contribution in [2.24, 2.45) is 5.92 Å². The number of methoxy groups -OCH3 is 1. The van der Waals surface area contributed by atoms with Gasteiger partial charge in [-0.05, 0) is 24.8 Å². The summed E-state index contributed by atoms with van der Waals surface area (Å²) in [7, 11) is -2.16. The lowest BCUT2D eigenvalue weighted by Gasteiger charge is -2.18. The Kier molecular flexibility index (Phi) is 5.39. The summed E-state index contributed by atoms with van der Waals surface area (Å²) in [6, 6.07) is 1.40. The van der Waals surface area contributed by atoms with E-state index in [1.807, 2.05) is 6.08 Å². The highest BCUT2D eigenvalue weighted by molar-refractivity contribution is 7.92. The number of nitrogens with one attached hydrogen (secondary N) is 1. The average Bonchev–Trinajstić information content (AvgIpc) is 2.47. The van der Waals surface area contributed by atoms with Crippen LogP contribution in [0.3, 0.4) is 0 Å². The minimum atomic E-state index is -3.57.